The molecule has 0 radical (unpaired) electrons. The van der Waals surface area contributed by atoms with Gasteiger partial charge in [0.1, 0.15) is 5.82 Å². The second kappa shape index (κ2) is 7.54. The van der Waals surface area contributed by atoms with E-state index in [9.17, 15) is 4.79 Å². The highest BCUT2D eigenvalue weighted by Gasteiger charge is 2.21. The van der Waals surface area contributed by atoms with Crippen LogP contribution in [-0.4, -0.2) is 27.7 Å². The topological polar surface area (TPSA) is 70.7 Å². The van der Waals surface area contributed by atoms with E-state index in [1.807, 2.05) is 24.5 Å². The Labute approximate surface area is 147 Å². The molecule has 0 unspecified atom stereocenters. The molecule has 6 heteroatoms. The molecule has 24 heavy (non-hydrogen) atoms. The lowest BCUT2D eigenvalue weighted by atomic mass is 9.92. The van der Waals surface area contributed by atoms with Gasteiger partial charge >= 0.3 is 0 Å². The Morgan fingerprint density at radius 2 is 2.00 bits per heavy atom. The van der Waals surface area contributed by atoms with Gasteiger partial charge in [-0.15, -0.1) is 0 Å². The molecule has 0 bridgehead atoms. The molecule has 0 fully saturated rings. The first-order valence-corrected chi connectivity index (χ1v) is 9.14. The maximum atomic E-state index is 12.1. The van der Waals surface area contributed by atoms with E-state index in [1.165, 1.54) is 0 Å². The third-order valence-corrected chi connectivity index (χ3v) is 4.13. The number of nitrogens with one attached hydrogen (secondary N) is 1. The number of anilines is 1. The van der Waals surface area contributed by atoms with Gasteiger partial charge in [0.25, 0.3) is 0 Å². The molecule has 2 rings (SSSR count). The Morgan fingerprint density at radius 3 is 2.54 bits per heavy atom. The molecular weight excluding hydrogens is 320 g/mol. The predicted molar refractivity (Wildman–Crippen MR) is 98.6 cm³/mol. The molecule has 2 aromatic rings. The first kappa shape index (κ1) is 18.1. The second-order valence-electron chi connectivity index (χ2n) is 6.53. The van der Waals surface area contributed by atoms with Crippen LogP contribution < -0.4 is 5.32 Å². The number of carbonyl (C=O) groups is 1. The lowest BCUT2D eigenvalue weighted by molar-refractivity contribution is -0.115. The summed E-state index contributed by atoms with van der Waals surface area (Å²) in [5.41, 5.74) is 2.17. The van der Waals surface area contributed by atoms with E-state index >= 15 is 0 Å². The highest BCUT2D eigenvalue weighted by Crippen LogP contribution is 2.26. The van der Waals surface area contributed by atoms with Crippen LogP contribution >= 0.6 is 11.8 Å². The molecule has 0 aliphatic rings. The molecule has 1 aromatic heterocycles. The van der Waals surface area contributed by atoms with Gasteiger partial charge in [0.05, 0.1) is 23.0 Å². The Hall–Kier alpha value is -2.26. The summed E-state index contributed by atoms with van der Waals surface area (Å²) in [5, 5.41) is 16.5. The minimum atomic E-state index is -0.128. The smallest absolute Gasteiger partial charge is 0.226 e. The van der Waals surface area contributed by atoms with Gasteiger partial charge in [-0.2, -0.15) is 22.1 Å². The number of nitrogens with zero attached hydrogens (tertiary/aromatic N) is 3. The number of nitriles is 1. The van der Waals surface area contributed by atoms with E-state index in [-0.39, 0.29) is 11.3 Å². The summed E-state index contributed by atoms with van der Waals surface area (Å²) in [4.78, 5) is 12.1. The zero-order chi connectivity index (χ0) is 17.7. The number of carbonyl (C=O) groups excluding carboxylic acids is 1. The molecule has 0 aliphatic heterocycles. The molecule has 1 amide bonds. The molecule has 1 aromatic carbocycles. The minimum absolute atomic E-state index is 0.0281. The summed E-state index contributed by atoms with van der Waals surface area (Å²) in [5.74, 6) is 1.40. The van der Waals surface area contributed by atoms with Gasteiger partial charge in [0, 0.05) is 23.7 Å². The summed E-state index contributed by atoms with van der Waals surface area (Å²) < 4.78 is 1.72. The quantitative estimate of drug-likeness (QED) is 0.899. The van der Waals surface area contributed by atoms with Crippen LogP contribution in [0.25, 0.3) is 5.69 Å². The van der Waals surface area contributed by atoms with Crippen molar-refractivity contribution < 1.29 is 4.79 Å². The van der Waals surface area contributed by atoms with Gasteiger partial charge in [0.15, 0.2) is 0 Å². The standard InChI is InChI=1S/C18H22N4OS/c1-18(2,3)15-11-16(20-17(23)9-10-24-4)22(21-15)14-7-5-13(12-19)6-8-14/h5-8,11H,9-10H2,1-4H3,(H,20,23). The fourth-order valence-electron chi connectivity index (χ4n) is 2.11. The van der Waals surface area contributed by atoms with Gasteiger partial charge in [-0.3, -0.25) is 4.79 Å². The average molecular weight is 342 g/mol. The normalized spacial score (nSPS) is 11.1. The monoisotopic (exact) mass is 342 g/mol. The number of hydrogen-bond acceptors (Lipinski definition) is 4. The SMILES string of the molecule is CSCCC(=O)Nc1cc(C(C)(C)C)nn1-c1ccc(C#N)cc1. The van der Waals surface area contributed by atoms with Gasteiger partial charge in [0.2, 0.25) is 5.91 Å². The predicted octanol–water partition coefficient (Wildman–Crippen LogP) is 3.73. The van der Waals surface area contributed by atoms with Crippen molar-refractivity contribution in [3.8, 4) is 11.8 Å². The molecule has 0 aliphatic carbocycles. The Bertz CT molecular complexity index is 751. The van der Waals surface area contributed by atoms with Gasteiger partial charge < -0.3 is 5.32 Å². The van der Waals surface area contributed by atoms with Crippen LogP contribution in [0.2, 0.25) is 0 Å². The average Bonchev–Trinajstić information content (AvgIpc) is 2.97. The largest absolute Gasteiger partial charge is 0.311 e. The molecule has 1 N–H and O–H groups in total. The van der Waals surface area contributed by atoms with Crippen molar-refractivity contribution >= 4 is 23.5 Å². The van der Waals surface area contributed by atoms with Crippen molar-refractivity contribution in [2.24, 2.45) is 0 Å². The highest BCUT2D eigenvalue weighted by molar-refractivity contribution is 7.98. The third-order valence-electron chi connectivity index (χ3n) is 3.52. The molecule has 0 saturated carbocycles. The number of thioether (sulfide) groups is 1. The molecular formula is C18H22N4OS. The number of benzene rings is 1. The van der Waals surface area contributed by atoms with E-state index in [4.69, 9.17) is 5.26 Å². The maximum Gasteiger partial charge on any atom is 0.226 e. The van der Waals surface area contributed by atoms with Crippen LogP contribution in [0.3, 0.4) is 0 Å². The van der Waals surface area contributed by atoms with Crippen LogP contribution in [-0.2, 0) is 10.2 Å². The number of aromatic nitrogens is 2. The Morgan fingerprint density at radius 1 is 1.33 bits per heavy atom. The first-order chi connectivity index (χ1) is 11.3. The summed E-state index contributed by atoms with van der Waals surface area (Å²) in [7, 11) is 0. The van der Waals surface area contributed by atoms with Crippen molar-refractivity contribution in [2.75, 3.05) is 17.3 Å². The van der Waals surface area contributed by atoms with Crippen molar-refractivity contribution in [1.29, 1.82) is 5.26 Å². The van der Waals surface area contributed by atoms with E-state index in [0.29, 0.717) is 17.8 Å². The zero-order valence-corrected chi connectivity index (χ0v) is 15.3. The van der Waals surface area contributed by atoms with Crippen LogP contribution in [0.4, 0.5) is 5.82 Å². The fourth-order valence-corrected chi connectivity index (χ4v) is 2.50. The molecule has 126 valence electrons. The molecule has 0 saturated heterocycles. The van der Waals surface area contributed by atoms with Crippen molar-refractivity contribution in [1.82, 2.24) is 9.78 Å². The zero-order valence-electron chi connectivity index (χ0n) is 14.5. The molecule has 1 heterocycles. The van der Waals surface area contributed by atoms with Gasteiger partial charge in [-0.25, -0.2) is 4.68 Å². The Balaban J connectivity index is 2.38. The number of hydrogen-bond donors (Lipinski definition) is 1. The van der Waals surface area contributed by atoms with Gasteiger partial charge in [-0.05, 0) is 30.5 Å². The van der Waals surface area contributed by atoms with E-state index in [0.717, 1.165) is 17.1 Å². The second-order valence-corrected chi connectivity index (χ2v) is 7.51. The summed E-state index contributed by atoms with van der Waals surface area (Å²) in [6, 6.07) is 11.2. The first-order valence-electron chi connectivity index (χ1n) is 7.75. The lowest BCUT2D eigenvalue weighted by Crippen LogP contribution is -2.15. The van der Waals surface area contributed by atoms with Crippen LogP contribution in [0, 0.1) is 11.3 Å². The lowest BCUT2D eigenvalue weighted by Gasteiger charge is -2.14. The highest BCUT2D eigenvalue weighted by atomic mass is 32.2. The van der Waals surface area contributed by atoms with Crippen LogP contribution in [0.5, 0.6) is 0 Å². The summed E-state index contributed by atoms with van der Waals surface area (Å²) in [6.07, 6.45) is 2.44. The van der Waals surface area contributed by atoms with Crippen molar-refractivity contribution in [3.63, 3.8) is 0 Å². The van der Waals surface area contributed by atoms with E-state index in [2.05, 4.69) is 37.3 Å². The third kappa shape index (κ3) is 4.39. The van der Waals surface area contributed by atoms with E-state index < -0.39 is 0 Å². The van der Waals surface area contributed by atoms with Crippen molar-refractivity contribution in [2.45, 2.75) is 32.6 Å². The molecule has 0 spiro atoms. The van der Waals surface area contributed by atoms with E-state index in [1.54, 1.807) is 28.6 Å². The molecule has 5 nitrogen and oxygen atoms in total. The number of rotatable bonds is 5. The summed E-state index contributed by atoms with van der Waals surface area (Å²) >= 11 is 1.64. The minimum Gasteiger partial charge on any atom is -0.311 e. The fraction of sp³-hybridized carbons (Fsp3) is 0.389. The molecule has 0 atom stereocenters. The van der Waals surface area contributed by atoms with Crippen LogP contribution in [0.15, 0.2) is 30.3 Å². The maximum absolute atomic E-state index is 12.1. The van der Waals surface area contributed by atoms with Gasteiger partial charge in [-0.1, -0.05) is 20.8 Å². The van der Waals surface area contributed by atoms with Crippen molar-refractivity contribution in [3.05, 3.63) is 41.6 Å². The number of amides is 1. The summed E-state index contributed by atoms with van der Waals surface area (Å²) in [6.45, 7) is 6.24. The Kier molecular flexibility index (Phi) is 5.68. The van der Waals surface area contributed by atoms with Crippen LogP contribution in [0.1, 0.15) is 38.4 Å².